The van der Waals surface area contributed by atoms with Gasteiger partial charge in [-0.05, 0) is 0 Å². The Bertz CT molecular complexity index is 1800. The number of fused-ring (bicyclic) bond motifs is 1. The van der Waals surface area contributed by atoms with Crippen LogP contribution in [0.3, 0.4) is 0 Å². The number of thioether (sulfide) groups is 1. The molecular weight excluding hydrogens is 811 g/mol. The number of carbonyl (C=O) groups is 3. The molecule has 25 nitrogen and oxygen atoms in total. The van der Waals surface area contributed by atoms with E-state index in [2.05, 4.69) is 34.4 Å². The number of nitrogens with zero attached hydrogens (tertiary/aromatic N) is 4. The fraction of sp³-hybridized carbons (Fsp3) is 0.600. The van der Waals surface area contributed by atoms with Crippen LogP contribution in [0.15, 0.2) is 12.7 Å². The number of phosphoric acid groups is 3. The summed E-state index contributed by atoms with van der Waals surface area (Å²) in [6, 6.07) is 0. The molecule has 10 N–H and O–H groups in total. The molecule has 0 aromatic carbocycles. The smallest absolute Gasteiger partial charge is 0.386 e. The van der Waals surface area contributed by atoms with E-state index >= 15 is 0 Å². The van der Waals surface area contributed by atoms with E-state index in [4.69, 9.17) is 30.9 Å². The first-order valence-electron chi connectivity index (χ1n) is 15.0. The Hall–Kier alpha value is -2.99. The third kappa shape index (κ3) is 14.9. The Balaban J connectivity index is 0.00000325. The molecular formula is C25H38N7O18P3S. The minimum atomic E-state index is -5.56. The summed E-state index contributed by atoms with van der Waals surface area (Å²) in [5, 5.41) is 26.1. The predicted octanol–water partition coefficient (Wildman–Crippen LogP) is -1.63. The van der Waals surface area contributed by atoms with E-state index in [1.54, 1.807) is 0 Å². The molecule has 2 amide bonds. The van der Waals surface area contributed by atoms with Gasteiger partial charge in [0.2, 0.25) is 11.8 Å². The number of aliphatic hydroxyl groups excluding tert-OH is 2. The van der Waals surface area contributed by atoms with E-state index in [0.717, 1.165) is 34.9 Å². The standard InChI is InChI=1S/C23H38N7O17P3S.C2O/c1-12(31)51-7-6-25-14(32)4-5-26-21(35)18(34)23(2,3)9-44-50(41,42)47-49(39,40)43-8-13-17(46-48(36,37)38)16(33)22(45-13)30-11-29-15-19(24)27-10-28-20(15)30;1-2-3/h10-11,13,16-18,22,33-34H,4-9H2,1-3H3,(H,25,32)(H,26,35)(H,39,40)(H,41,42)(H2,24,27,28)(H2,36,37,38);/t13-,16-,17-,18+,22-;/m1./s1. The van der Waals surface area contributed by atoms with Gasteiger partial charge in [-0.1, -0.05) is 25.6 Å². The molecule has 1 aliphatic heterocycles. The van der Waals surface area contributed by atoms with E-state index in [1.165, 1.54) is 20.8 Å². The molecule has 2 aromatic heterocycles. The minimum Gasteiger partial charge on any atom is -0.386 e. The Labute approximate surface area is 310 Å². The lowest BCUT2D eigenvalue weighted by molar-refractivity contribution is -0.137. The summed E-state index contributed by atoms with van der Waals surface area (Å²) in [7, 11) is -16.4. The van der Waals surface area contributed by atoms with Crippen molar-refractivity contribution >= 4 is 75.1 Å². The number of nitrogens with two attached hydrogens (primary N) is 1. The maximum atomic E-state index is 12.6. The number of aromatic nitrogens is 4. The van der Waals surface area contributed by atoms with E-state index in [0.29, 0.717) is 5.75 Å². The largest absolute Gasteiger partial charge is 0.481 e. The van der Waals surface area contributed by atoms with Gasteiger partial charge < -0.3 is 50.9 Å². The van der Waals surface area contributed by atoms with Crippen LogP contribution in [0.5, 0.6) is 0 Å². The van der Waals surface area contributed by atoms with Crippen LogP contribution in [0, 0.1) is 12.0 Å². The first kappa shape index (κ1) is 47.2. The van der Waals surface area contributed by atoms with Gasteiger partial charge in [0.1, 0.15) is 42.2 Å². The average Bonchev–Trinajstić information content (AvgIpc) is 3.61. The van der Waals surface area contributed by atoms with Crippen molar-refractivity contribution in [3.8, 4) is 0 Å². The molecule has 1 fully saturated rings. The Kier molecular flexibility index (Phi) is 17.7. The highest BCUT2D eigenvalue weighted by molar-refractivity contribution is 8.13. The van der Waals surface area contributed by atoms with Crippen LogP contribution >= 0.6 is 35.2 Å². The van der Waals surface area contributed by atoms with Gasteiger partial charge in [0.05, 0.1) is 26.1 Å². The highest BCUT2D eigenvalue weighted by atomic mass is 32.2. The number of carbonyl (C=O) groups excluding carboxylic acids is 4. The van der Waals surface area contributed by atoms with Crippen molar-refractivity contribution in [2.75, 3.05) is 37.8 Å². The number of aliphatic hydroxyl groups is 2. The Morgan fingerprint density at radius 1 is 1.11 bits per heavy atom. The zero-order chi connectivity index (χ0) is 41.1. The van der Waals surface area contributed by atoms with Crippen molar-refractivity contribution in [3.05, 3.63) is 19.2 Å². The third-order valence-corrected chi connectivity index (χ3v) is 10.7. The number of hydrogen-bond acceptors (Lipinski definition) is 19. The number of anilines is 1. The highest BCUT2D eigenvalue weighted by Gasteiger charge is 2.50. The second-order valence-corrected chi connectivity index (χ2v) is 17.0. The van der Waals surface area contributed by atoms with Gasteiger partial charge in [-0.2, -0.15) is 4.31 Å². The lowest BCUT2D eigenvalue weighted by Crippen LogP contribution is -2.46. The van der Waals surface area contributed by atoms with Crippen molar-refractivity contribution in [3.63, 3.8) is 0 Å². The van der Waals surface area contributed by atoms with E-state index < -0.39 is 84.6 Å². The van der Waals surface area contributed by atoms with Crippen LogP contribution in [0.2, 0.25) is 0 Å². The summed E-state index contributed by atoms with van der Waals surface area (Å²) in [5.41, 5.74) is 4.26. The van der Waals surface area contributed by atoms with Crippen LogP contribution in [0.25, 0.3) is 11.2 Å². The summed E-state index contributed by atoms with van der Waals surface area (Å²) in [4.78, 5) is 94.3. The van der Waals surface area contributed by atoms with Crippen LogP contribution in [-0.2, 0) is 55.5 Å². The van der Waals surface area contributed by atoms with Crippen molar-refractivity contribution in [2.45, 2.75) is 57.8 Å². The molecule has 1 saturated heterocycles. The maximum absolute atomic E-state index is 12.6. The molecule has 3 rings (SSSR count). The Morgan fingerprint density at radius 3 is 2.35 bits per heavy atom. The number of nitrogen functional groups attached to an aromatic ring is 1. The topological polar surface area (TPSA) is 381 Å². The molecule has 302 valence electrons. The molecule has 2 radical (unpaired) electrons. The first-order chi connectivity index (χ1) is 24.9. The van der Waals surface area contributed by atoms with Gasteiger partial charge in [-0.25, -0.2) is 33.4 Å². The number of hydrogen-bond donors (Lipinski definition) is 9. The molecule has 3 heterocycles. The Morgan fingerprint density at radius 2 is 1.74 bits per heavy atom. The molecule has 0 aliphatic carbocycles. The maximum Gasteiger partial charge on any atom is 0.481 e. The highest BCUT2D eigenvalue weighted by Crippen LogP contribution is 2.61. The van der Waals surface area contributed by atoms with Crippen LogP contribution in [0.1, 0.15) is 33.4 Å². The molecule has 7 atom stereocenters. The number of amides is 2. The van der Waals surface area contributed by atoms with Gasteiger partial charge in [-0.3, -0.25) is 32.5 Å². The quantitative estimate of drug-likeness (QED) is 0.0435. The van der Waals surface area contributed by atoms with Gasteiger partial charge in [-0.15, -0.1) is 0 Å². The lowest BCUT2D eigenvalue weighted by Gasteiger charge is -2.30. The van der Waals surface area contributed by atoms with E-state index in [1.807, 2.05) is 0 Å². The number of phosphoric ester groups is 3. The van der Waals surface area contributed by atoms with Crippen LogP contribution in [0.4, 0.5) is 5.82 Å². The zero-order valence-electron chi connectivity index (χ0n) is 28.5. The average molecular weight is 850 g/mol. The molecule has 0 saturated carbocycles. The number of ether oxygens (including phenoxy) is 1. The zero-order valence-corrected chi connectivity index (χ0v) is 32.0. The third-order valence-electron chi connectivity index (χ3n) is 6.81. The molecule has 0 spiro atoms. The van der Waals surface area contributed by atoms with Crippen molar-refractivity contribution in [2.24, 2.45) is 5.41 Å². The van der Waals surface area contributed by atoms with Gasteiger partial charge in [0.15, 0.2) is 22.8 Å². The van der Waals surface area contributed by atoms with Crippen molar-refractivity contribution < 1.29 is 85.3 Å². The monoisotopic (exact) mass is 849 g/mol. The molecule has 0 bridgehead atoms. The van der Waals surface area contributed by atoms with E-state index in [-0.39, 0.29) is 41.6 Å². The molecule has 2 aromatic rings. The predicted molar refractivity (Wildman–Crippen MR) is 182 cm³/mol. The number of rotatable bonds is 19. The van der Waals surface area contributed by atoms with Crippen molar-refractivity contribution in [1.29, 1.82) is 0 Å². The fourth-order valence-corrected chi connectivity index (χ4v) is 7.65. The molecule has 29 heteroatoms. The summed E-state index contributed by atoms with van der Waals surface area (Å²) in [6.07, 6.45) is -6.88. The summed E-state index contributed by atoms with van der Waals surface area (Å²) in [5.74, 6) is -0.335. The lowest BCUT2D eigenvalue weighted by atomic mass is 9.87. The molecule has 54 heavy (non-hydrogen) atoms. The SMILES string of the molecule is CC(=O)SCCNC(=O)CCNC(=O)[C@H](O)C(C)(C)COP(=O)(O)OP(=O)(O)OC[C@H]1O[C@@H](n2cnc3c(N)ncnc32)[C@H](O)[C@@H]1OP(=O)(O)O.[C]=C=O. The van der Waals surface area contributed by atoms with Gasteiger partial charge in [0, 0.05) is 37.6 Å². The molecule has 1 aliphatic rings. The van der Waals surface area contributed by atoms with Crippen LogP contribution in [-0.4, -0.2) is 129 Å². The van der Waals surface area contributed by atoms with Gasteiger partial charge in [0.25, 0.3) is 0 Å². The second-order valence-electron chi connectivity index (χ2n) is 11.5. The number of nitrogens with one attached hydrogen (secondary N) is 2. The summed E-state index contributed by atoms with van der Waals surface area (Å²) >= 11 is 1.03. The summed E-state index contributed by atoms with van der Waals surface area (Å²) in [6.45, 7) is 7.30. The van der Waals surface area contributed by atoms with Crippen LogP contribution < -0.4 is 16.4 Å². The normalized spacial score (nSPS) is 21.5. The molecule has 2 unspecified atom stereocenters. The summed E-state index contributed by atoms with van der Waals surface area (Å²) < 4.78 is 61.8. The van der Waals surface area contributed by atoms with E-state index in [9.17, 15) is 57.9 Å². The fourth-order valence-electron chi connectivity index (χ4n) is 4.32. The minimum absolute atomic E-state index is 0.0310. The first-order valence-corrected chi connectivity index (χ1v) is 20.5. The van der Waals surface area contributed by atoms with Gasteiger partial charge >= 0.3 is 23.5 Å². The second kappa shape index (κ2) is 20.3. The number of imidazole rings is 1. The van der Waals surface area contributed by atoms with Crippen molar-refractivity contribution in [1.82, 2.24) is 30.2 Å².